The Bertz CT molecular complexity index is 1020. The number of halogens is 2. The van der Waals surface area contributed by atoms with Crippen LogP contribution in [0.1, 0.15) is 0 Å². The molecular formula is C18H8F2N2O2S4. The number of anilines is 2. The number of rotatable bonds is 2. The fraction of sp³-hybridized carbons (Fsp3) is 0. The predicted octanol–water partition coefficient (Wildman–Crippen LogP) is 4.61. The number of hydrogen-bond donors (Lipinski definition) is 0. The summed E-state index contributed by atoms with van der Waals surface area (Å²) in [7, 11) is 0. The highest BCUT2D eigenvalue weighted by molar-refractivity contribution is 8.30. The molecule has 2 amide bonds. The first-order valence-electron chi connectivity index (χ1n) is 7.76. The lowest BCUT2D eigenvalue weighted by Gasteiger charge is -2.15. The average molecular weight is 451 g/mol. The first kappa shape index (κ1) is 19.2. The summed E-state index contributed by atoms with van der Waals surface area (Å²) in [6, 6.07) is 11.4. The Morgan fingerprint density at radius 1 is 0.679 bits per heavy atom. The Balaban J connectivity index is 1.75. The van der Waals surface area contributed by atoms with Gasteiger partial charge in [-0.3, -0.25) is 19.4 Å². The number of carbonyl (C=O) groups excluding carboxylic acids is 2. The molecule has 140 valence electrons. The number of nitrogens with zero attached hydrogens (tertiary/aromatic N) is 2. The highest BCUT2D eigenvalue weighted by Gasteiger charge is 2.44. The number of amides is 2. The third-order valence-electron chi connectivity index (χ3n) is 3.93. The van der Waals surface area contributed by atoms with Crippen LogP contribution in [0.25, 0.3) is 0 Å². The van der Waals surface area contributed by atoms with Crippen molar-refractivity contribution in [2.45, 2.75) is 0 Å². The van der Waals surface area contributed by atoms with E-state index in [1.54, 1.807) is 12.1 Å². The molecule has 2 fully saturated rings. The maximum absolute atomic E-state index is 14.1. The Morgan fingerprint density at radius 2 is 1.04 bits per heavy atom. The van der Waals surface area contributed by atoms with Crippen LogP contribution in [0.2, 0.25) is 0 Å². The lowest BCUT2D eigenvalue weighted by molar-refractivity contribution is -0.115. The highest BCUT2D eigenvalue weighted by Crippen LogP contribution is 2.45. The quantitative estimate of drug-likeness (QED) is 0.492. The largest absolute Gasteiger partial charge is 0.272 e. The van der Waals surface area contributed by atoms with Crippen LogP contribution in [0.3, 0.4) is 0 Å². The average Bonchev–Trinajstić information content (AvgIpc) is 3.12. The summed E-state index contributed by atoms with van der Waals surface area (Å²) < 4.78 is 28.5. The maximum atomic E-state index is 14.1. The van der Waals surface area contributed by atoms with Crippen molar-refractivity contribution in [3.05, 3.63) is 70.0 Å². The molecule has 0 bridgehead atoms. The highest BCUT2D eigenvalue weighted by atomic mass is 32.2. The molecule has 2 aliphatic rings. The van der Waals surface area contributed by atoms with Gasteiger partial charge in [0.05, 0.1) is 21.2 Å². The van der Waals surface area contributed by atoms with Crippen molar-refractivity contribution < 1.29 is 18.4 Å². The van der Waals surface area contributed by atoms with Gasteiger partial charge in [-0.05, 0) is 24.3 Å². The van der Waals surface area contributed by atoms with E-state index in [-0.39, 0.29) is 29.8 Å². The predicted molar refractivity (Wildman–Crippen MR) is 115 cm³/mol. The summed E-state index contributed by atoms with van der Waals surface area (Å²) >= 11 is 12.2. The van der Waals surface area contributed by atoms with Crippen molar-refractivity contribution in [3.8, 4) is 0 Å². The summed E-state index contributed by atoms with van der Waals surface area (Å²) in [5.74, 6) is -2.46. The van der Waals surface area contributed by atoms with Crippen molar-refractivity contribution in [1.82, 2.24) is 0 Å². The van der Waals surface area contributed by atoms with Crippen LogP contribution in [-0.4, -0.2) is 20.5 Å². The monoisotopic (exact) mass is 450 g/mol. The smallest absolute Gasteiger partial charge is 0.268 e. The molecule has 2 saturated heterocycles. The summed E-state index contributed by atoms with van der Waals surface area (Å²) in [5.41, 5.74) is 0.00849. The second-order valence-corrected chi connectivity index (χ2v) is 8.87. The molecule has 2 aliphatic heterocycles. The number of para-hydroxylation sites is 2. The summed E-state index contributed by atoms with van der Waals surface area (Å²) in [5, 5.41) is 0. The Labute approximate surface area is 177 Å². The molecule has 0 saturated carbocycles. The molecular weight excluding hydrogens is 442 g/mol. The molecule has 10 heteroatoms. The van der Waals surface area contributed by atoms with E-state index in [9.17, 15) is 18.4 Å². The van der Waals surface area contributed by atoms with E-state index in [1.807, 2.05) is 0 Å². The second kappa shape index (κ2) is 7.36. The molecule has 0 N–H and O–H groups in total. The number of thiocarbonyl (C=S) groups is 2. The second-order valence-electron chi connectivity index (χ2n) is 5.58. The first-order valence-corrected chi connectivity index (χ1v) is 10.2. The van der Waals surface area contributed by atoms with Crippen LogP contribution < -0.4 is 9.80 Å². The molecule has 0 aromatic heterocycles. The van der Waals surface area contributed by atoms with E-state index < -0.39 is 23.4 Å². The molecule has 4 nitrogen and oxygen atoms in total. The molecule has 0 atom stereocenters. The lowest BCUT2D eigenvalue weighted by atomic mass is 10.2. The Kier molecular flexibility index (Phi) is 5.04. The van der Waals surface area contributed by atoms with E-state index in [1.165, 1.54) is 36.4 Å². The molecule has 4 rings (SSSR count). The van der Waals surface area contributed by atoms with Gasteiger partial charge >= 0.3 is 0 Å². The lowest BCUT2D eigenvalue weighted by Crippen LogP contribution is -2.30. The first-order chi connectivity index (χ1) is 13.4. The van der Waals surface area contributed by atoms with Gasteiger partial charge in [-0.1, -0.05) is 72.2 Å². The topological polar surface area (TPSA) is 40.6 Å². The molecule has 0 spiro atoms. The van der Waals surface area contributed by atoms with Gasteiger partial charge in [0.15, 0.2) is 8.64 Å². The zero-order valence-corrected chi connectivity index (χ0v) is 17.0. The van der Waals surface area contributed by atoms with E-state index in [4.69, 9.17) is 24.4 Å². The molecule has 2 aromatic rings. The number of benzene rings is 2. The minimum atomic E-state index is -0.617. The normalized spacial score (nSPS) is 19.9. The van der Waals surface area contributed by atoms with Crippen LogP contribution in [0, 0.1) is 11.6 Å². The minimum Gasteiger partial charge on any atom is -0.268 e. The van der Waals surface area contributed by atoms with Gasteiger partial charge < -0.3 is 0 Å². The molecule has 0 radical (unpaired) electrons. The van der Waals surface area contributed by atoms with Gasteiger partial charge in [0.1, 0.15) is 11.6 Å². The number of thioether (sulfide) groups is 2. The van der Waals surface area contributed by atoms with Crippen LogP contribution >= 0.6 is 48.0 Å². The van der Waals surface area contributed by atoms with Crippen LogP contribution in [-0.2, 0) is 9.59 Å². The molecule has 2 aromatic carbocycles. The SMILES string of the molecule is O=C1C(=C2SC(=S)N(c3ccccc3F)C2=O)SC(=S)N1c1ccccc1F. The van der Waals surface area contributed by atoms with Crippen LogP contribution in [0.5, 0.6) is 0 Å². The van der Waals surface area contributed by atoms with Gasteiger partial charge in [0, 0.05) is 0 Å². The van der Waals surface area contributed by atoms with Crippen LogP contribution in [0.15, 0.2) is 58.3 Å². The third-order valence-corrected chi connectivity index (χ3v) is 6.81. The maximum Gasteiger partial charge on any atom is 0.272 e. The number of carbonyl (C=O) groups is 2. The molecule has 28 heavy (non-hydrogen) atoms. The Morgan fingerprint density at radius 3 is 1.39 bits per heavy atom. The van der Waals surface area contributed by atoms with Crippen molar-refractivity contribution in [1.29, 1.82) is 0 Å². The fourth-order valence-corrected chi connectivity index (χ4v) is 5.41. The van der Waals surface area contributed by atoms with Crippen LogP contribution in [0.4, 0.5) is 20.2 Å². The van der Waals surface area contributed by atoms with Gasteiger partial charge in [-0.15, -0.1) is 0 Å². The molecule has 0 aliphatic carbocycles. The van der Waals surface area contributed by atoms with Crippen molar-refractivity contribution in [2.24, 2.45) is 0 Å². The standard InChI is InChI=1S/C18H8F2N2O2S4/c19-9-5-1-3-7-11(9)21-15(23)13(27-17(21)25)14-16(24)22(18(26)28-14)12-8-4-2-6-10(12)20/h1-8H. The van der Waals surface area contributed by atoms with Crippen molar-refractivity contribution >= 4 is 79.8 Å². The molecule has 2 heterocycles. The van der Waals surface area contributed by atoms with Gasteiger partial charge in [-0.25, -0.2) is 8.78 Å². The van der Waals surface area contributed by atoms with Crippen molar-refractivity contribution in [2.75, 3.05) is 9.80 Å². The summed E-state index contributed by atoms with van der Waals surface area (Å²) in [6.45, 7) is 0. The fourth-order valence-electron chi connectivity index (χ4n) is 2.69. The Hall–Kier alpha value is -2.14. The third kappa shape index (κ3) is 3.06. The van der Waals surface area contributed by atoms with Crippen molar-refractivity contribution in [3.63, 3.8) is 0 Å². The van der Waals surface area contributed by atoms with Gasteiger partial charge in [0.2, 0.25) is 0 Å². The summed E-state index contributed by atoms with van der Waals surface area (Å²) in [6.07, 6.45) is 0. The van der Waals surface area contributed by atoms with E-state index in [0.717, 1.165) is 33.3 Å². The molecule has 0 unspecified atom stereocenters. The van der Waals surface area contributed by atoms with E-state index in [0.29, 0.717) is 0 Å². The number of hydrogen-bond acceptors (Lipinski definition) is 6. The van der Waals surface area contributed by atoms with Gasteiger partial charge in [0.25, 0.3) is 11.8 Å². The zero-order chi connectivity index (χ0) is 20.0. The zero-order valence-electron chi connectivity index (χ0n) is 13.7. The van der Waals surface area contributed by atoms with E-state index >= 15 is 0 Å². The van der Waals surface area contributed by atoms with Gasteiger partial charge in [-0.2, -0.15) is 0 Å². The summed E-state index contributed by atoms with van der Waals surface area (Å²) in [4.78, 5) is 28.0. The minimum absolute atomic E-state index is 0.00424. The van der Waals surface area contributed by atoms with E-state index in [2.05, 4.69) is 0 Å².